The number of amides is 3. The van der Waals surface area contributed by atoms with E-state index in [0.717, 1.165) is 60.9 Å². The van der Waals surface area contributed by atoms with Gasteiger partial charge in [-0.25, -0.2) is 4.79 Å². The molecule has 2 aromatic rings. The van der Waals surface area contributed by atoms with Crippen LogP contribution < -0.4 is 5.32 Å². The summed E-state index contributed by atoms with van der Waals surface area (Å²) >= 11 is 0. The first-order valence-electron chi connectivity index (χ1n) is 12.1. The van der Waals surface area contributed by atoms with Gasteiger partial charge in [0.2, 0.25) is 11.8 Å². The van der Waals surface area contributed by atoms with Crippen LogP contribution >= 0.6 is 0 Å². The highest BCUT2D eigenvalue weighted by molar-refractivity contribution is 6.02. The Bertz CT molecular complexity index is 1200. The highest BCUT2D eigenvalue weighted by Gasteiger charge is 2.47. The Labute approximate surface area is 199 Å². The molecule has 1 aliphatic carbocycles. The van der Waals surface area contributed by atoms with Crippen molar-refractivity contribution in [3.05, 3.63) is 29.5 Å². The molecular formula is C26H30N4O4. The molecule has 0 radical (unpaired) electrons. The molecule has 2 aliphatic heterocycles. The topological polar surface area (TPSA) is 93.5 Å². The number of benzene rings is 1. The molecule has 3 amide bonds. The molecule has 1 aromatic carbocycles. The second-order valence-corrected chi connectivity index (χ2v) is 9.84. The molecule has 3 heterocycles. The van der Waals surface area contributed by atoms with Crippen molar-refractivity contribution < 1.29 is 19.1 Å². The SMILES string of the molecule is CCOC(=O)N1CC2(CCC(C#Cc3ccc4c(C5CCC(=O)NC5=O)nn(C)c4c3)CC2)C1. The van der Waals surface area contributed by atoms with Gasteiger partial charge in [-0.3, -0.25) is 19.6 Å². The van der Waals surface area contributed by atoms with E-state index in [4.69, 9.17) is 4.74 Å². The number of aryl methyl sites for hydroxylation is 1. The molecule has 1 saturated carbocycles. The Balaban J connectivity index is 1.24. The van der Waals surface area contributed by atoms with Crippen LogP contribution in [0.4, 0.5) is 4.79 Å². The largest absolute Gasteiger partial charge is 0.450 e. The van der Waals surface area contributed by atoms with Gasteiger partial charge in [-0.15, -0.1) is 0 Å². The zero-order valence-electron chi connectivity index (χ0n) is 19.7. The fourth-order valence-electron chi connectivity index (χ4n) is 5.56. The Kier molecular flexibility index (Phi) is 5.80. The standard InChI is InChI=1S/C26H30N4O4/c1-3-34-25(33)30-15-26(16-30)12-10-17(11-13-26)4-5-18-6-7-19-21(14-18)29(2)28-23(19)20-8-9-22(31)27-24(20)32/h6-7,14,17,20H,3,8-13,15-16H2,1-2H3,(H,27,31,32). The number of rotatable bonds is 2. The maximum atomic E-state index is 12.3. The molecule has 1 aromatic heterocycles. The van der Waals surface area contributed by atoms with E-state index in [1.54, 1.807) is 4.68 Å². The van der Waals surface area contributed by atoms with E-state index in [-0.39, 0.29) is 23.3 Å². The van der Waals surface area contributed by atoms with E-state index in [0.29, 0.717) is 25.4 Å². The summed E-state index contributed by atoms with van der Waals surface area (Å²) in [7, 11) is 1.87. The van der Waals surface area contributed by atoms with Crippen molar-refractivity contribution in [3.63, 3.8) is 0 Å². The quantitative estimate of drug-likeness (QED) is 0.547. The van der Waals surface area contributed by atoms with E-state index in [1.165, 1.54) is 0 Å². The number of nitrogens with zero attached hydrogens (tertiary/aromatic N) is 3. The number of nitrogens with one attached hydrogen (secondary N) is 1. The summed E-state index contributed by atoms with van der Waals surface area (Å²) in [6.45, 7) is 3.86. The van der Waals surface area contributed by atoms with Crippen LogP contribution in [0, 0.1) is 23.2 Å². The van der Waals surface area contributed by atoms with Crippen molar-refractivity contribution in [1.29, 1.82) is 0 Å². The van der Waals surface area contributed by atoms with Crippen molar-refractivity contribution in [2.24, 2.45) is 18.4 Å². The van der Waals surface area contributed by atoms with Gasteiger partial charge in [-0.05, 0) is 57.2 Å². The number of ether oxygens (including phenoxy) is 1. The minimum absolute atomic E-state index is 0.193. The van der Waals surface area contributed by atoms with Gasteiger partial charge in [0.05, 0.1) is 23.7 Å². The zero-order chi connectivity index (χ0) is 23.9. The number of hydrogen-bond donors (Lipinski definition) is 1. The number of aromatic nitrogens is 2. The van der Waals surface area contributed by atoms with Crippen molar-refractivity contribution in [2.45, 2.75) is 51.4 Å². The van der Waals surface area contributed by atoms with Gasteiger partial charge in [0.1, 0.15) is 0 Å². The second-order valence-electron chi connectivity index (χ2n) is 9.84. The minimum atomic E-state index is -0.404. The highest BCUT2D eigenvalue weighted by Crippen LogP contribution is 2.45. The fraction of sp³-hybridized carbons (Fsp3) is 0.538. The summed E-state index contributed by atoms with van der Waals surface area (Å²) in [5.41, 5.74) is 2.84. The van der Waals surface area contributed by atoms with Crippen LogP contribution in [0.15, 0.2) is 18.2 Å². The van der Waals surface area contributed by atoms with Crippen molar-refractivity contribution >= 4 is 28.8 Å². The van der Waals surface area contributed by atoms with Crippen LogP contribution in [0.5, 0.6) is 0 Å². The lowest BCUT2D eigenvalue weighted by molar-refractivity contribution is -0.134. The summed E-state index contributed by atoms with van der Waals surface area (Å²) in [5.74, 6) is 6.27. The maximum Gasteiger partial charge on any atom is 0.409 e. The third kappa shape index (κ3) is 4.15. The van der Waals surface area contributed by atoms with Gasteiger partial charge in [0, 0.05) is 48.8 Å². The number of likely N-dealkylation sites (tertiary alicyclic amines) is 1. The van der Waals surface area contributed by atoms with Crippen LogP contribution in [0.3, 0.4) is 0 Å². The summed E-state index contributed by atoms with van der Waals surface area (Å²) in [4.78, 5) is 37.5. The van der Waals surface area contributed by atoms with Crippen LogP contribution in [-0.4, -0.2) is 52.3 Å². The molecule has 1 atom stereocenters. The molecule has 3 fully saturated rings. The zero-order valence-corrected chi connectivity index (χ0v) is 19.7. The van der Waals surface area contributed by atoms with Gasteiger partial charge in [0.15, 0.2) is 0 Å². The van der Waals surface area contributed by atoms with Crippen LogP contribution in [0.1, 0.15) is 62.6 Å². The van der Waals surface area contributed by atoms with Crippen molar-refractivity contribution in [1.82, 2.24) is 20.0 Å². The molecule has 3 aliphatic rings. The molecule has 5 rings (SSSR count). The first-order chi connectivity index (χ1) is 16.4. The monoisotopic (exact) mass is 462 g/mol. The average molecular weight is 463 g/mol. The highest BCUT2D eigenvalue weighted by atomic mass is 16.6. The molecule has 1 spiro atoms. The number of hydrogen-bond acceptors (Lipinski definition) is 5. The molecule has 1 unspecified atom stereocenters. The first kappa shape index (κ1) is 22.5. The summed E-state index contributed by atoms with van der Waals surface area (Å²) < 4.78 is 6.89. The lowest BCUT2D eigenvalue weighted by atomic mass is 9.66. The average Bonchev–Trinajstić information content (AvgIpc) is 3.12. The summed E-state index contributed by atoms with van der Waals surface area (Å²) in [6.07, 6.45) is 4.92. The summed E-state index contributed by atoms with van der Waals surface area (Å²) in [6, 6.07) is 6.00. The predicted molar refractivity (Wildman–Crippen MR) is 126 cm³/mol. The van der Waals surface area contributed by atoms with Crippen molar-refractivity contribution in [3.8, 4) is 11.8 Å². The number of carbonyl (C=O) groups is 3. The van der Waals surface area contributed by atoms with Gasteiger partial charge >= 0.3 is 6.09 Å². The number of piperidine rings is 1. The van der Waals surface area contributed by atoms with E-state index in [1.807, 2.05) is 37.1 Å². The normalized spacial score (nSPS) is 22.2. The molecule has 8 heteroatoms. The Morgan fingerprint density at radius 1 is 1.24 bits per heavy atom. The van der Waals surface area contributed by atoms with Gasteiger partial charge in [-0.2, -0.15) is 5.10 Å². The lowest BCUT2D eigenvalue weighted by Crippen LogP contribution is -2.59. The Morgan fingerprint density at radius 3 is 2.71 bits per heavy atom. The predicted octanol–water partition coefficient (Wildman–Crippen LogP) is 3.09. The molecule has 1 N–H and O–H groups in total. The number of fused-ring (bicyclic) bond motifs is 1. The second kappa shape index (κ2) is 8.79. The first-order valence-corrected chi connectivity index (χ1v) is 12.1. The van der Waals surface area contributed by atoms with Crippen LogP contribution in [-0.2, 0) is 21.4 Å². The number of imide groups is 1. The van der Waals surface area contributed by atoms with E-state index in [9.17, 15) is 14.4 Å². The number of carbonyl (C=O) groups excluding carboxylic acids is 3. The van der Waals surface area contributed by atoms with Gasteiger partial charge in [-0.1, -0.05) is 11.8 Å². The van der Waals surface area contributed by atoms with E-state index >= 15 is 0 Å². The third-order valence-electron chi connectivity index (χ3n) is 7.49. The van der Waals surface area contributed by atoms with Gasteiger partial charge < -0.3 is 9.64 Å². The molecule has 0 bridgehead atoms. The van der Waals surface area contributed by atoms with Crippen LogP contribution in [0.25, 0.3) is 10.9 Å². The van der Waals surface area contributed by atoms with E-state index in [2.05, 4.69) is 22.3 Å². The Morgan fingerprint density at radius 2 is 2.00 bits per heavy atom. The molecule has 8 nitrogen and oxygen atoms in total. The molecule has 34 heavy (non-hydrogen) atoms. The Hall–Kier alpha value is -3.34. The fourth-order valence-corrected chi connectivity index (χ4v) is 5.56. The summed E-state index contributed by atoms with van der Waals surface area (Å²) in [5, 5.41) is 7.95. The van der Waals surface area contributed by atoms with E-state index < -0.39 is 5.92 Å². The molecule has 2 saturated heterocycles. The minimum Gasteiger partial charge on any atom is -0.450 e. The smallest absolute Gasteiger partial charge is 0.409 e. The molecular weight excluding hydrogens is 432 g/mol. The molecule has 178 valence electrons. The van der Waals surface area contributed by atoms with Gasteiger partial charge in [0.25, 0.3) is 0 Å². The lowest BCUT2D eigenvalue weighted by Gasteiger charge is -2.52. The van der Waals surface area contributed by atoms with Crippen molar-refractivity contribution in [2.75, 3.05) is 19.7 Å². The van der Waals surface area contributed by atoms with Crippen LogP contribution in [0.2, 0.25) is 0 Å². The maximum absolute atomic E-state index is 12.3. The third-order valence-corrected chi connectivity index (χ3v) is 7.49.